The van der Waals surface area contributed by atoms with E-state index in [1.165, 1.54) is 16.9 Å². The van der Waals surface area contributed by atoms with Gasteiger partial charge in [-0.2, -0.15) is 0 Å². The highest BCUT2D eigenvalue weighted by molar-refractivity contribution is 7.11. The number of aryl methyl sites for hydroxylation is 1. The Balaban J connectivity index is 1.94. The third-order valence-electron chi connectivity index (χ3n) is 3.36. The summed E-state index contributed by atoms with van der Waals surface area (Å²) in [5.41, 5.74) is 3.67. The topological polar surface area (TPSA) is 60.5 Å². The fraction of sp³-hybridized carbons (Fsp3) is 0.600. The van der Waals surface area contributed by atoms with Gasteiger partial charge in [0.1, 0.15) is 4.88 Å². The summed E-state index contributed by atoms with van der Waals surface area (Å²) in [6, 6.07) is -0.113. The maximum atomic E-state index is 12.3. The minimum atomic E-state index is -0.113. The number of rotatable bonds is 5. The molecule has 1 N–H and O–H groups in total. The van der Waals surface area contributed by atoms with E-state index < -0.39 is 0 Å². The van der Waals surface area contributed by atoms with Crippen LogP contribution in [0.15, 0.2) is 17.2 Å². The predicted molar refractivity (Wildman–Crippen MR) is 82.7 cm³/mol. The highest BCUT2D eigenvalue weighted by Gasteiger charge is 2.28. The summed E-state index contributed by atoms with van der Waals surface area (Å²) in [6.45, 7) is 7.65. The van der Waals surface area contributed by atoms with Gasteiger partial charge in [-0.15, -0.1) is 11.3 Å². The third-order valence-corrected chi connectivity index (χ3v) is 4.29. The van der Waals surface area contributed by atoms with Crippen LogP contribution in [0.5, 0.6) is 0 Å². The van der Waals surface area contributed by atoms with Crippen molar-refractivity contribution in [1.29, 1.82) is 0 Å². The molecule has 2 rings (SSSR count). The first-order valence-electron chi connectivity index (χ1n) is 7.11. The second kappa shape index (κ2) is 7.68. The van der Waals surface area contributed by atoms with E-state index in [1.807, 2.05) is 26.8 Å². The van der Waals surface area contributed by atoms with Crippen LogP contribution < -0.4 is 5.32 Å². The molecular formula is C15H22N2O3S. The Morgan fingerprint density at radius 2 is 2.43 bits per heavy atom. The largest absolute Gasteiger partial charge is 0.379 e. The minimum Gasteiger partial charge on any atom is -0.379 e. The number of thiazole rings is 1. The van der Waals surface area contributed by atoms with Gasteiger partial charge in [-0.3, -0.25) is 4.79 Å². The molecule has 116 valence electrons. The highest BCUT2D eigenvalue weighted by atomic mass is 32.1. The molecule has 1 saturated heterocycles. The molecule has 1 fully saturated rings. The minimum absolute atomic E-state index is 0.00784. The number of nitrogens with zero attached hydrogens (tertiary/aromatic N) is 1. The molecule has 1 aromatic rings. The van der Waals surface area contributed by atoms with E-state index in [0.717, 1.165) is 12.1 Å². The van der Waals surface area contributed by atoms with Gasteiger partial charge in [0.15, 0.2) is 0 Å². The number of allylic oxidation sites excluding steroid dienone is 1. The smallest absolute Gasteiger partial charge is 0.263 e. The van der Waals surface area contributed by atoms with E-state index in [4.69, 9.17) is 9.47 Å². The van der Waals surface area contributed by atoms with Crippen LogP contribution in [0.4, 0.5) is 0 Å². The first-order valence-corrected chi connectivity index (χ1v) is 7.99. The quantitative estimate of drug-likeness (QED) is 0.848. The molecule has 0 spiro atoms. The molecule has 2 atom stereocenters. The zero-order valence-corrected chi connectivity index (χ0v) is 13.5. The van der Waals surface area contributed by atoms with Crippen LogP contribution in [0.3, 0.4) is 0 Å². The fourth-order valence-corrected chi connectivity index (χ4v) is 2.85. The second-order valence-electron chi connectivity index (χ2n) is 5.36. The molecule has 1 aliphatic heterocycles. The van der Waals surface area contributed by atoms with Crippen molar-refractivity contribution >= 4 is 17.2 Å². The van der Waals surface area contributed by atoms with Gasteiger partial charge in [0.25, 0.3) is 5.91 Å². The predicted octanol–water partition coefficient (Wildman–Crippen LogP) is 2.32. The molecular weight excluding hydrogens is 288 g/mol. The van der Waals surface area contributed by atoms with Gasteiger partial charge in [-0.25, -0.2) is 4.98 Å². The Bertz CT molecular complexity index is 509. The van der Waals surface area contributed by atoms with E-state index in [2.05, 4.69) is 10.3 Å². The van der Waals surface area contributed by atoms with Crippen molar-refractivity contribution in [2.75, 3.05) is 19.8 Å². The van der Waals surface area contributed by atoms with E-state index in [0.29, 0.717) is 24.7 Å². The lowest BCUT2D eigenvalue weighted by Gasteiger charge is -2.31. The molecule has 21 heavy (non-hydrogen) atoms. The summed E-state index contributed by atoms with van der Waals surface area (Å²) in [6.07, 6.45) is 2.83. The van der Waals surface area contributed by atoms with E-state index in [-0.39, 0.29) is 18.1 Å². The van der Waals surface area contributed by atoms with Crippen molar-refractivity contribution in [1.82, 2.24) is 10.3 Å². The van der Waals surface area contributed by atoms with Gasteiger partial charge in [0.2, 0.25) is 0 Å². The lowest BCUT2D eigenvalue weighted by atomic mass is 10.1. The summed E-state index contributed by atoms with van der Waals surface area (Å²) in [5, 5.41) is 3.01. The summed E-state index contributed by atoms with van der Waals surface area (Å²) >= 11 is 1.35. The van der Waals surface area contributed by atoms with Gasteiger partial charge in [-0.05, 0) is 27.2 Å². The Kier molecular flexibility index (Phi) is 5.90. The number of hydrogen-bond acceptors (Lipinski definition) is 5. The van der Waals surface area contributed by atoms with Crippen LogP contribution in [-0.2, 0) is 9.47 Å². The number of carbonyl (C=O) groups is 1. The first-order chi connectivity index (χ1) is 10.1. The number of hydrogen-bond donors (Lipinski definition) is 1. The Labute approximate surface area is 129 Å². The van der Waals surface area contributed by atoms with Crippen LogP contribution in [0.25, 0.3) is 0 Å². The summed E-state index contributed by atoms with van der Waals surface area (Å²) in [4.78, 5) is 17.0. The maximum Gasteiger partial charge on any atom is 0.263 e. The van der Waals surface area contributed by atoms with E-state index in [1.54, 1.807) is 5.51 Å². The highest BCUT2D eigenvalue weighted by Crippen LogP contribution is 2.16. The van der Waals surface area contributed by atoms with Gasteiger partial charge < -0.3 is 14.8 Å². The van der Waals surface area contributed by atoms with E-state index >= 15 is 0 Å². The monoisotopic (exact) mass is 310 g/mol. The zero-order valence-electron chi connectivity index (χ0n) is 12.7. The first kappa shape index (κ1) is 16.1. The van der Waals surface area contributed by atoms with Gasteiger partial charge in [0.05, 0.1) is 36.6 Å². The Morgan fingerprint density at radius 3 is 3.10 bits per heavy atom. The Hall–Kier alpha value is -1.24. The van der Waals surface area contributed by atoms with Crippen molar-refractivity contribution < 1.29 is 14.3 Å². The van der Waals surface area contributed by atoms with Crippen LogP contribution in [-0.4, -0.2) is 42.9 Å². The molecule has 0 bridgehead atoms. The van der Waals surface area contributed by atoms with Crippen LogP contribution in [0.1, 0.15) is 35.6 Å². The molecule has 0 aromatic carbocycles. The number of aromatic nitrogens is 1. The summed E-state index contributed by atoms with van der Waals surface area (Å²) in [5.74, 6) is -0.0960. The molecule has 1 amide bonds. The molecule has 0 aliphatic carbocycles. The number of amides is 1. The molecule has 0 radical (unpaired) electrons. The van der Waals surface area contributed by atoms with Crippen molar-refractivity contribution in [2.45, 2.75) is 39.3 Å². The molecule has 5 nitrogen and oxygen atoms in total. The van der Waals surface area contributed by atoms with E-state index in [9.17, 15) is 4.79 Å². The van der Waals surface area contributed by atoms with Crippen molar-refractivity contribution in [2.24, 2.45) is 0 Å². The van der Waals surface area contributed by atoms with Crippen LogP contribution >= 0.6 is 11.3 Å². The Morgan fingerprint density at radius 1 is 1.62 bits per heavy atom. The fourth-order valence-electron chi connectivity index (χ4n) is 2.14. The zero-order chi connectivity index (χ0) is 15.2. The molecule has 0 saturated carbocycles. The van der Waals surface area contributed by atoms with Crippen LogP contribution in [0, 0.1) is 6.92 Å². The normalized spacial score (nSPS) is 21.9. The number of ether oxygens (including phenoxy) is 2. The third kappa shape index (κ3) is 4.62. The second-order valence-corrected chi connectivity index (χ2v) is 6.22. The van der Waals surface area contributed by atoms with Crippen molar-refractivity contribution in [3.05, 3.63) is 27.7 Å². The molecule has 1 aromatic heterocycles. The van der Waals surface area contributed by atoms with Crippen molar-refractivity contribution in [3.63, 3.8) is 0 Å². The number of nitrogens with one attached hydrogen (secondary N) is 1. The van der Waals surface area contributed by atoms with Gasteiger partial charge >= 0.3 is 0 Å². The average molecular weight is 310 g/mol. The van der Waals surface area contributed by atoms with Gasteiger partial charge in [-0.1, -0.05) is 11.6 Å². The maximum absolute atomic E-state index is 12.3. The molecule has 0 unspecified atom stereocenters. The lowest BCUT2D eigenvalue weighted by Crippen LogP contribution is -2.50. The average Bonchev–Trinajstić information content (AvgIpc) is 2.86. The number of carbonyl (C=O) groups excluding carboxylic acids is 1. The van der Waals surface area contributed by atoms with Crippen LogP contribution in [0.2, 0.25) is 0 Å². The SMILES string of the molecule is CC(C)=CCO[C@@H]1CCOC[C@@H]1NC(=O)c1scnc1C. The summed E-state index contributed by atoms with van der Waals surface area (Å²) in [7, 11) is 0. The standard InChI is InChI=1S/C15H22N2O3S/c1-10(2)4-7-20-13-5-6-19-8-12(13)17-15(18)14-11(3)16-9-21-14/h4,9,12-13H,5-8H2,1-3H3,(H,17,18)/t12-,13+/m0/s1. The molecule has 2 heterocycles. The molecule has 1 aliphatic rings. The lowest BCUT2D eigenvalue weighted by molar-refractivity contribution is -0.0457. The van der Waals surface area contributed by atoms with Crippen molar-refractivity contribution in [3.8, 4) is 0 Å². The van der Waals surface area contributed by atoms with Gasteiger partial charge in [0, 0.05) is 6.61 Å². The summed E-state index contributed by atoms with van der Waals surface area (Å²) < 4.78 is 11.3. The molecule has 6 heteroatoms.